The predicted molar refractivity (Wildman–Crippen MR) is 121 cm³/mol. The molecule has 0 radical (unpaired) electrons. The molecule has 1 aromatic carbocycles. The fourth-order valence-electron chi connectivity index (χ4n) is 4.03. The van der Waals surface area contributed by atoms with Crippen LogP contribution in [0.15, 0.2) is 29.2 Å². The van der Waals surface area contributed by atoms with Gasteiger partial charge in [-0.3, -0.25) is 4.79 Å². The van der Waals surface area contributed by atoms with Crippen molar-refractivity contribution in [1.29, 1.82) is 0 Å². The highest BCUT2D eigenvalue weighted by Gasteiger charge is 2.32. The fraction of sp³-hybridized carbons (Fsp3) is 0.478. The molecule has 1 saturated heterocycles. The van der Waals surface area contributed by atoms with Crippen LogP contribution in [-0.4, -0.2) is 67.3 Å². The van der Waals surface area contributed by atoms with Crippen molar-refractivity contribution in [1.82, 2.24) is 14.2 Å². The topological polar surface area (TPSA) is 99.8 Å². The molecule has 1 aliphatic heterocycles. The highest BCUT2D eigenvalue weighted by molar-refractivity contribution is 7.89. The van der Waals surface area contributed by atoms with E-state index in [1.165, 1.54) is 4.31 Å². The third kappa shape index (κ3) is 4.73. The summed E-state index contributed by atoms with van der Waals surface area (Å²) in [5.74, 6) is -0.708. The Morgan fingerprint density at radius 1 is 1.03 bits per heavy atom. The third-order valence-electron chi connectivity index (χ3n) is 5.76. The first kappa shape index (κ1) is 24.0. The molecular formula is C23H31N3O5S. The zero-order valence-corrected chi connectivity index (χ0v) is 19.9. The Hall–Kier alpha value is -2.65. The van der Waals surface area contributed by atoms with Crippen molar-refractivity contribution >= 4 is 21.9 Å². The standard InChI is InChI=1S/C23H31N3O5S/c1-5-7-18-8-10-19(11-9-18)32(29,30)26-14-12-25(13-15-26)22(27)21-16(3)20(17(4)24-21)23(28)31-6-2/h8-11,24H,5-7,12-15H2,1-4H3. The molecule has 2 heterocycles. The number of carbonyl (C=O) groups is 2. The van der Waals surface area contributed by atoms with Gasteiger partial charge in [0.25, 0.3) is 5.91 Å². The van der Waals surface area contributed by atoms with E-state index in [9.17, 15) is 18.0 Å². The van der Waals surface area contributed by atoms with Crippen LogP contribution in [0.5, 0.6) is 0 Å². The van der Waals surface area contributed by atoms with Gasteiger partial charge in [0.1, 0.15) is 5.69 Å². The van der Waals surface area contributed by atoms with Crippen molar-refractivity contribution in [3.05, 3.63) is 52.3 Å². The smallest absolute Gasteiger partial charge is 0.340 e. The Kier molecular flexibility index (Phi) is 7.40. The van der Waals surface area contributed by atoms with Gasteiger partial charge < -0.3 is 14.6 Å². The van der Waals surface area contributed by atoms with E-state index in [1.54, 1.807) is 37.8 Å². The molecule has 174 valence electrons. The molecule has 0 saturated carbocycles. The fourth-order valence-corrected chi connectivity index (χ4v) is 5.45. The number of aromatic amines is 1. The Labute approximate surface area is 189 Å². The number of aromatic nitrogens is 1. The zero-order chi connectivity index (χ0) is 23.5. The van der Waals surface area contributed by atoms with E-state index in [0.717, 1.165) is 18.4 Å². The van der Waals surface area contributed by atoms with E-state index in [4.69, 9.17) is 4.74 Å². The van der Waals surface area contributed by atoms with Crippen molar-refractivity contribution in [3.63, 3.8) is 0 Å². The summed E-state index contributed by atoms with van der Waals surface area (Å²) >= 11 is 0. The summed E-state index contributed by atoms with van der Waals surface area (Å²) < 4.78 is 32.5. The zero-order valence-electron chi connectivity index (χ0n) is 19.1. The van der Waals surface area contributed by atoms with Crippen LogP contribution in [0.25, 0.3) is 0 Å². The number of carbonyl (C=O) groups excluding carboxylic acids is 2. The second-order valence-electron chi connectivity index (χ2n) is 7.94. The number of hydrogen-bond donors (Lipinski definition) is 1. The molecule has 2 aromatic rings. The molecule has 0 atom stereocenters. The lowest BCUT2D eigenvalue weighted by atomic mass is 10.1. The Morgan fingerprint density at radius 3 is 2.22 bits per heavy atom. The van der Waals surface area contributed by atoms with Crippen LogP contribution in [0.3, 0.4) is 0 Å². The molecule has 3 rings (SSSR count). The summed E-state index contributed by atoms with van der Waals surface area (Å²) in [6, 6.07) is 7.01. The molecule has 8 nitrogen and oxygen atoms in total. The van der Waals surface area contributed by atoms with Crippen LogP contribution in [0.4, 0.5) is 0 Å². The van der Waals surface area contributed by atoms with Gasteiger partial charge in [-0.25, -0.2) is 13.2 Å². The van der Waals surface area contributed by atoms with Gasteiger partial charge in [-0.05, 0) is 50.5 Å². The van der Waals surface area contributed by atoms with Crippen LogP contribution in [0.2, 0.25) is 0 Å². The maximum absolute atomic E-state index is 13.1. The number of rotatable bonds is 7. The van der Waals surface area contributed by atoms with Gasteiger partial charge in [-0.15, -0.1) is 0 Å². The molecule has 32 heavy (non-hydrogen) atoms. The lowest BCUT2D eigenvalue weighted by Gasteiger charge is -2.34. The molecule has 0 aliphatic carbocycles. The summed E-state index contributed by atoms with van der Waals surface area (Å²) in [6.07, 6.45) is 1.92. The van der Waals surface area contributed by atoms with E-state index in [-0.39, 0.29) is 43.6 Å². The normalized spacial score (nSPS) is 15.1. The van der Waals surface area contributed by atoms with Crippen LogP contribution in [0.1, 0.15) is 57.9 Å². The summed E-state index contributed by atoms with van der Waals surface area (Å²) in [5.41, 5.74) is 2.96. The average molecular weight is 462 g/mol. The number of ether oxygens (including phenoxy) is 1. The number of amides is 1. The number of sulfonamides is 1. The molecule has 9 heteroatoms. The first-order chi connectivity index (χ1) is 15.2. The van der Waals surface area contributed by atoms with Gasteiger partial charge in [0.15, 0.2) is 0 Å². The number of esters is 1. The molecule has 1 amide bonds. The SMILES string of the molecule is CCCc1ccc(S(=O)(=O)N2CCN(C(=O)c3[nH]c(C)c(C(=O)OCC)c3C)CC2)cc1. The van der Waals surface area contributed by atoms with Gasteiger partial charge in [-0.1, -0.05) is 25.5 Å². The van der Waals surface area contributed by atoms with Crippen molar-refractivity contribution < 1.29 is 22.7 Å². The quantitative estimate of drug-likeness (QED) is 0.639. The maximum atomic E-state index is 13.1. The number of hydrogen-bond acceptors (Lipinski definition) is 5. The van der Waals surface area contributed by atoms with Gasteiger partial charge in [0.05, 0.1) is 17.1 Å². The second-order valence-corrected chi connectivity index (χ2v) is 9.87. The average Bonchev–Trinajstić information content (AvgIpc) is 3.08. The molecule has 1 N–H and O–H groups in total. The van der Waals surface area contributed by atoms with Crippen molar-refractivity contribution in [3.8, 4) is 0 Å². The van der Waals surface area contributed by atoms with E-state index >= 15 is 0 Å². The number of nitrogens with one attached hydrogen (secondary N) is 1. The van der Waals surface area contributed by atoms with Crippen LogP contribution < -0.4 is 0 Å². The molecule has 0 unspecified atom stereocenters. The molecule has 0 spiro atoms. The van der Waals surface area contributed by atoms with Crippen molar-refractivity contribution in [2.75, 3.05) is 32.8 Å². The number of benzene rings is 1. The molecule has 1 fully saturated rings. The monoisotopic (exact) mass is 461 g/mol. The summed E-state index contributed by atoms with van der Waals surface area (Å²) in [6.45, 7) is 8.49. The molecular weight excluding hydrogens is 430 g/mol. The van der Waals surface area contributed by atoms with E-state index in [2.05, 4.69) is 11.9 Å². The highest BCUT2D eigenvalue weighted by Crippen LogP contribution is 2.23. The van der Waals surface area contributed by atoms with Crippen molar-refractivity contribution in [2.45, 2.75) is 45.4 Å². The van der Waals surface area contributed by atoms with E-state index in [1.807, 2.05) is 12.1 Å². The van der Waals surface area contributed by atoms with Crippen LogP contribution in [0, 0.1) is 13.8 Å². The van der Waals surface area contributed by atoms with Gasteiger partial charge in [-0.2, -0.15) is 4.31 Å². The van der Waals surface area contributed by atoms with Gasteiger partial charge in [0, 0.05) is 31.9 Å². The minimum Gasteiger partial charge on any atom is -0.462 e. The highest BCUT2D eigenvalue weighted by atomic mass is 32.2. The summed E-state index contributed by atoms with van der Waals surface area (Å²) in [4.78, 5) is 30.2. The molecule has 0 bridgehead atoms. The number of aryl methyl sites for hydroxylation is 2. The van der Waals surface area contributed by atoms with Crippen LogP contribution >= 0.6 is 0 Å². The Bertz CT molecular complexity index is 1080. The maximum Gasteiger partial charge on any atom is 0.340 e. The first-order valence-corrected chi connectivity index (χ1v) is 12.4. The lowest BCUT2D eigenvalue weighted by molar-refractivity contribution is 0.0525. The summed E-state index contributed by atoms with van der Waals surface area (Å²) in [5, 5.41) is 0. The Morgan fingerprint density at radius 2 is 1.66 bits per heavy atom. The predicted octanol–water partition coefficient (Wildman–Crippen LogP) is 2.91. The number of H-pyrrole nitrogens is 1. The Balaban J connectivity index is 1.70. The second kappa shape index (κ2) is 9.87. The minimum atomic E-state index is -3.61. The van der Waals surface area contributed by atoms with Gasteiger partial charge >= 0.3 is 5.97 Å². The molecule has 1 aromatic heterocycles. The van der Waals surface area contributed by atoms with Crippen molar-refractivity contribution in [2.24, 2.45) is 0 Å². The van der Waals surface area contributed by atoms with E-state index < -0.39 is 16.0 Å². The van der Waals surface area contributed by atoms with E-state index in [0.29, 0.717) is 22.5 Å². The first-order valence-electron chi connectivity index (χ1n) is 10.9. The third-order valence-corrected chi connectivity index (χ3v) is 7.67. The largest absolute Gasteiger partial charge is 0.462 e. The lowest BCUT2D eigenvalue weighted by Crippen LogP contribution is -2.50. The summed E-state index contributed by atoms with van der Waals surface area (Å²) in [7, 11) is -3.61. The van der Waals surface area contributed by atoms with Crippen LogP contribution in [-0.2, 0) is 21.2 Å². The number of piperazine rings is 1. The minimum absolute atomic E-state index is 0.217. The molecule has 1 aliphatic rings. The van der Waals surface area contributed by atoms with Gasteiger partial charge in [0.2, 0.25) is 10.0 Å². The number of nitrogens with zero attached hydrogens (tertiary/aromatic N) is 2.